The van der Waals surface area contributed by atoms with Gasteiger partial charge in [0.25, 0.3) is 0 Å². The van der Waals surface area contributed by atoms with Gasteiger partial charge in [0, 0.05) is 10.9 Å². The average molecular weight is 322 g/mol. The van der Waals surface area contributed by atoms with Crippen LogP contribution in [0.25, 0.3) is 21.9 Å². The maximum atomic E-state index is 11.4. The van der Waals surface area contributed by atoms with Gasteiger partial charge in [-0.3, -0.25) is 0 Å². The number of aromatic nitrogens is 3. The molecule has 6 heteroatoms. The molecule has 118 valence electrons. The van der Waals surface area contributed by atoms with Crippen molar-refractivity contribution >= 4 is 39.5 Å². The second-order valence-electron chi connectivity index (χ2n) is 3.77. The molecule has 3 aromatic rings. The second kappa shape index (κ2) is 8.34. The van der Waals surface area contributed by atoms with Crippen molar-refractivity contribution in [2.75, 3.05) is 7.11 Å². The quantitative estimate of drug-likeness (QED) is 0.525. The Labute approximate surface area is 134 Å². The van der Waals surface area contributed by atoms with Crippen LogP contribution in [0.15, 0.2) is 24.5 Å². The average Bonchev–Trinajstić information content (AvgIpc) is 2.96. The molecule has 1 aromatic carbocycles. The third-order valence-electron chi connectivity index (χ3n) is 2.76. The van der Waals surface area contributed by atoms with Crippen LogP contribution in [-0.4, -0.2) is 28.0 Å². The Morgan fingerprint density at radius 2 is 1.86 bits per heavy atom. The van der Waals surface area contributed by atoms with E-state index in [2.05, 4.69) is 19.7 Å². The first kappa shape index (κ1) is 17.9. The number of halogens is 1. The number of hydrogen-bond donors (Lipinski definition) is 1. The van der Waals surface area contributed by atoms with Crippen LogP contribution in [0.1, 0.15) is 38.1 Å². The standard InChI is InChI=1S/C12H8ClN3O2.2C2H6/c1-18-12(17)6-2-3-7-8(4-6)16-11-9(7)10(13)14-5-15-11;2*1-2/h2-5H,1H3,(H,14,15,16);2*1-2H3. The van der Waals surface area contributed by atoms with Gasteiger partial charge in [0.05, 0.1) is 18.1 Å². The van der Waals surface area contributed by atoms with Crippen LogP contribution < -0.4 is 0 Å². The highest BCUT2D eigenvalue weighted by Gasteiger charge is 2.12. The minimum atomic E-state index is -0.382. The maximum absolute atomic E-state index is 11.4. The number of ether oxygens (including phenoxy) is 1. The molecule has 0 spiro atoms. The zero-order chi connectivity index (χ0) is 16.7. The fourth-order valence-electron chi connectivity index (χ4n) is 1.94. The predicted molar refractivity (Wildman–Crippen MR) is 90.4 cm³/mol. The van der Waals surface area contributed by atoms with E-state index in [0.29, 0.717) is 16.4 Å². The Kier molecular flexibility index (Phi) is 6.79. The summed E-state index contributed by atoms with van der Waals surface area (Å²) in [4.78, 5) is 22.6. The summed E-state index contributed by atoms with van der Waals surface area (Å²) < 4.78 is 4.68. The normalized spacial score (nSPS) is 9.55. The summed E-state index contributed by atoms with van der Waals surface area (Å²) in [6, 6.07) is 5.19. The topological polar surface area (TPSA) is 67.9 Å². The van der Waals surface area contributed by atoms with Crippen molar-refractivity contribution in [2.45, 2.75) is 27.7 Å². The largest absolute Gasteiger partial charge is 0.465 e. The lowest BCUT2D eigenvalue weighted by Gasteiger charge is -1.98. The molecule has 0 saturated carbocycles. The number of fused-ring (bicyclic) bond motifs is 3. The number of benzene rings is 1. The van der Waals surface area contributed by atoms with Gasteiger partial charge in [-0.2, -0.15) is 0 Å². The second-order valence-corrected chi connectivity index (χ2v) is 4.12. The molecule has 5 nitrogen and oxygen atoms in total. The highest BCUT2D eigenvalue weighted by molar-refractivity contribution is 6.36. The van der Waals surface area contributed by atoms with Gasteiger partial charge in [0.15, 0.2) is 0 Å². The van der Waals surface area contributed by atoms with Gasteiger partial charge < -0.3 is 9.72 Å². The van der Waals surface area contributed by atoms with Crippen molar-refractivity contribution in [3.63, 3.8) is 0 Å². The molecule has 0 aliphatic heterocycles. The number of rotatable bonds is 1. The fraction of sp³-hybridized carbons (Fsp3) is 0.312. The highest BCUT2D eigenvalue weighted by Crippen LogP contribution is 2.29. The summed E-state index contributed by atoms with van der Waals surface area (Å²) in [5.41, 5.74) is 1.89. The van der Waals surface area contributed by atoms with Crippen molar-refractivity contribution in [3.05, 3.63) is 35.2 Å². The molecule has 0 amide bonds. The molecular formula is C16H20ClN3O2. The summed E-state index contributed by atoms with van der Waals surface area (Å²) in [5, 5.41) is 2.02. The van der Waals surface area contributed by atoms with Crippen LogP contribution in [0.3, 0.4) is 0 Å². The van der Waals surface area contributed by atoms with E-state index in [1.165, 1.54) is 13.4 Å². The number of hydrogen-bond acceptors (Lipinski definition) is 4. The van der Waals surface area contributed by atoms with Gasteiger partial charge in [0.2, 0.25) is 0 Å². The maximum Gasteiger partial charge on any atom is 0.337 e. The molecule has 0 fully saturated rings. The Balaban J connectivity index is 0.000000561. The summed E-state index contributed by atoms with van der Waals surface area (Å²) in [7, 11) is 1.35. The number of esters is 1. The first-order valence-corrected chi connectivity index (χ1v) is 7.59. The number of carbonyl (C=O) groups is 1. The minimum absolute atomic E-state index is 0.382. The van der Waals surface area contributed by atoms with Crippen LogP contribution in [0.4, 0.5) is 0 Å². The van der Waals surface area contributed by atoms with E-state index < -0.39 is 0 Å². The predicted octanol–water partition coefficient (Wildman–Crippen LogP) is 4.60. The lowest BCUT2D eigenvalue weighted by Crippen LogP contribution is -2.00. The zero-order valence-electron chi connectivity index (χ0n) is 13.4. The Hall–Kier alpha value is -2.14. The van der Waals surface area contributed by atoms with Crippen molar-refractivity contribution in [1.29, 1.82) is 0 Å². The lowest BCUT2D eigenvalue weighted by molar-refractivity contribution is 0.0601. The Bertz CT molecular complexity index is 769. The highest BCUT2D eigenvalue weighted by atomic mass is 35.5. The molecule has 1 N–H and O–H groups in total. The molecule has 2 aromatic heterocycles. The minimum Gasteiger partial charge on any atom is -0.465 e. The lowest BCUT2D eigenvalue weighted by atomic mass is 10.1. The van der Waals surface area contributed by atoms with E-state index in [1.54, 1.807) is 18.2 Å². The summed E-state index contributed by atoms with van der Waals surface area (Å²) in [6.07, 6.45) is 1.39. The number of nitrogens with one attached hydrogen (secondary N) is 1. The summed E-state index contributed by atoms with van der Waals surface area (Å²) >= 11 is 6.04. The first-order chi connectivity index (χ1) is 10.7. The Morgan fingerprint density at radius 1 is 1.18 bits per heavy atom. The molecule has 0 bridgehead atoms. The smallest absolute Gasteiger partial charge is 0.337 e. The van der Waals surface area contributed by atoms with Crippen LogP contribution in [0, 0.1) is 0 Å². The van der Waals surface area contributed by atoms with Crippen LogP contribution in [0.5, 0.6) is 0 Å². The van der Waals surface area contributed by atoms with Gasteiger partial charge in [-0.15, -0.1) is 0 Å². The fourth-order valence-corrected chi connectivity index (χ4v) is 2.17. The van der Waals surface area contributed by atoms with Crippen molar-refractivity contribution < 1.29 is 9.53 Å². The number of nitrogens with zero attached hydrogens (tertiary/aromatic N) is 2. The van der Waals surface area contributed by atoms with E-state index >= 15 is 0 Å². The first-order valence-electron chi connectivity index (χ1n) is 7.21. The molecule has 0 aliphatic carbocycles. The van der Waals surface area contributed by atoms with E-state index in [-0.39, 0.29) is 5.97 Å². The van der Waals surface area contributed by atoms with E-state index in [0.717, 1.165) is 16.3 Å². The third-order valence-corrected chi connectivity index (χ3v) is 3.05. The van der Waals surface area contributed by atoms with Gasteiger partial charge in [-0.1, -0.05) is 45.4 Å². The van der Waals surface area contributed by atoms with Crippen LogP contribution in [0.2, 0.25) is 5.15 Å². The molecule has 22 heavy (non-hydrogen) atoms. The molecule has 3 rings (SSSR count). The molecular weight excluding hydrogens is 302 g/mol. The van der Waals surface area contributed by atoms with Gasteiger partial charge in [-0.05, 0) is 12.1 Å². The number of H-pyrrole nitrogens is 1. The molecule has 2 heterocycles. The van der Waals surface area contributed by atoms with Crippen molar-refractivity contribution in [1.82, 2.24) is 15.0 Å². The van der Waals surface area contributed by atoms with Crippen LogP contribution >= 0.6 is 11.6 Å². The van der Waals surface area contributed by atoms with Crippen molar-refractivity contribution in [3.8, 4) is 0 Å². The summed E-state index contributed by atoms with van der Waals surface area (Å²) in [6.45, 7) is 8.00. The molecule has 0 atom stereocenters. The molecule has 0 radical (unpaired) electrons. The number of aromatic amines is 1. The number of methoxy groups -OCH3 is 1. The monoisotopic (exact) mass is 321 g/mol. The van der Waals surface area contributed by atoms with E-state index in [4.69, 9.17) is 11.6 Å². The van der Waals surface area contributed by atoms with Crippen LogP contribution in [-0.2, 0) is 4.74 Å². The van der Waals surface area contributed by atoms with Crippen molar-refractivity contribution in [2.24, 2.45) is 0 Å². The van der Waals surface area contributed by atoms with Gasteiger partial charge >= 0.3 is 5.97 Å². The summed E-state index contributed by atoms with van der Waals surface area (Å²) in [5.74, 6) is -0.382. The third kappa shape index (κ3) is 3.36. The molecule has 0 saturated heterocycles. The molecule has 0 aliphatic rings. The van der Waals surface area contributed by atoms with E-state index in [9.17, 15) is 4.79 Å². The van der Waals surface area contributed by atoms with Gasteiger partial charge in [-0.25, -0.2) is 14.8 Å². The zero-order valence-corrected chi connectivity index (χ0v) is 14.2. The van der Waals surface area contributed by atoms with Gasteiger partial charge in [0.1, 0.15) is 17.1 Å². The molecule has 0 unspecified atom stereocenters. The SMILES string of the molecule is CC.CC.COC(=O)c1ccc2c(c1)[nH]c1ncnc(Cl)c12. The van der Waals surface area contributed by atoms with E-state index in [1.807, 2.05) is 27.7 Å². The number of carbonyl (C=O) groups excluding carboxylic acids is 1. The Morgan fingerprint density at radius 3 is 2.50 bits per heavy atom.